The second-order valence-electron chi connectivity index (χ2n) is 3.71. The van der Waals surface area contributed by atoms with E-state index in [9.17, 15) is 0 Å². The Labute approximate surface area is 111 Å². The van der Waals surface area contributed by atoms with Gasteiger partial charge in [0, 0.05) is 0 Å². The lowest BCUT2D eigenvalue weighted by atomic mass is 10.1. The molecule has 4 heteroatoms. The first-order valence-corrected chi connectivity index (χ1v) is 5.75. The number of aromatic hydroxyl groups is 1. The fourth-order valence-electron chi connectivity index (χ4n) is 1.49. The first kappa shape index (κ1) is 12.7. The van der Waals surface area contributed by atoms with Gasteiger partial charge in [0.05, 0.1) is 0 Å². The first-order valence-electron chi connectivity index (χ1n) is 5.75. The van der Waals surface area contributed by atoms with E-state index in [1.165, 1.54) is 24.5 Å². The molecule has 0 atom stereocenters. The van der Waals surface area contributed by atoms with Crippen molar-refractivity contribution >= 4 is 0 Å². The third-order valence-electron chi connectivity index (χ3n) is 2.37. The Kier molecular flexibility index (Phi) is 4.58. The first-order chi connectivity index (χ1) is 9.36. The van der Waals surface area contributed by atoms with Crippen LogP contribution in [0.25, 0.3) is 11.1 Å². The Morgan fingerprint density at radius 1 is 0.579 bits per heavy atom. The molecule has 0 bridgehead atoms. The molecule has 0 radical (unpaired) electrons. The predicted molar refractivity (Wildman–Crippen MR) is 73.4 cm³/mol. The van der Waals surface area contributed by atoms with Crippen LogP contribution in [0.1, 0.15) is 0 Å². The van der Waals surface area contributed by atoms with E-state index in [1.807, 2.05) is 42.5 Å². The Balaban J connectivity index is 0.000000186. The molecule has 3 rings (SSSR count). The van der Waals surface area contributed by atoms with Gasteiger partial charge in [0.1, 0.15) is 24.7 Å². The summed E-state index contributed by atoms with van der Waals surface area (Å²) in [7, 11) is 0. The van der Waals surface area contributed by atoms with Gasteiger partial charge >= 0.3 is 0 Å². The average Bonchev–Trinajstić information content (AvgIpc) is 2.51. The zero-order valence-electron chi connectivity index (χ0n) is 10.2. The monoisotopic (exact) mass is 251 g/mol. The van der Waals surface area contributed by atoms with Gasteiger partial charge in [-0.2, -0.15) is 0 Å². The number of hydrogen-bond donors (Lipinski definition) is 1. The molecule has 3 aromatic rings. The topological polar surface area (TPSA) is 58.9 Å². The van der Waals surface area contributed by atoms with Crippen LogP contribution in [0.2, 0.25) is 0 Å². The molecule has 0 saturated heterocycles. The molecule has 0 spiro atoms. The molecule has 1 heterocycles. The number of phenols is 1. The van der Waals surface area contributed by atoms with E-state index in [1.54, 1.807) is 12.1 Å². The van der Waals surface area contributed by atoms with Crippen molar-refractivity contribution in [2.75, 3.05) is 0 Å². The summed E-state index contributed by atoms with van der Waals surface area (Å²) in [4.78, 5) is 10.7. The molecule has 2 aromatic carbocycles. The van der Waals surface area contributed by atoms with Crippen molar-refractivity contribution in [3.63, 3.8) is 0 Å². The number of phenolic OH excluding ortho intramolecular Hbond substituents is 1. The maximum Gasteiger partial charge on any atom is 0.119 e. The Morgan fingerprint density at radius 3 is 1.53 bits per heavy atom. The SMILES string of the molecule is Oc1ccc(-c2ccccc2)cc1.c1ncncn1. The van der Waals surface area contributed by atoms with Gasteiger partial charge in [0.25, 0.3) is 0 Å². The molecular formula is C15H13N3O. The highest BCUT2D eigenvalue weighted by Crippen LogP contribution is 2.20. The van der Waals surface area contributed by atoms with E-state index >= 15 is 0 Å². The van der Waals surface area contributed by atoms with Gasteiger partial charge in [-0.1, -0.05) is 42.5 Å². The second kappa shape index (κ2) is 6.86. The smallest absolute Gasteiger partial charge is 0.119 e. The second-order valence-corrected chi connectivity index (χ2v) is 3.71. The molecule has 0 amide bonds. The van der Waals surface area contributed by atoms with Crippen LogP contribution in [0.4, 0.5) is 0 Å². The molecular weight excluding hydrogens is 238 g/mol. The summed E-state index contributed by atoms with van der Waals surface area (Å²) in [6.45, 7) is 0. The van der Waals surface area contributed by atoms with Crippen molar-refractivity contribution in [3.05, 3.63) is 73.6 Å². The number of nitrogens with zero attached hydrogens (tertiary/aromatic N) is 3. The molecule has 0 aliphatic rings. The molecule has 0 aliphatic heterocycles. The lowest BCUT2D eigenvalue weighted by Crippen LogP contribution is -1.74. The lowest BCUT2D eigenvalue weighted by molar-refractivity contribution is 0.475. The van der Waals surface area contributed by atoms with E-state index in [0.29, 0.717) is 5.75 Å². The summed E-state index contributed by atoms with van der Waals surface area (Å²) >= 11 is 0. The minimum Gasteiger partial charge on any atom is -0.508 e. The van der Waals surface area contributed by atoms with E-state index in [2.05, 4.69) is 15.0 Å². The van der Waals surface area contributed by atoms with Crippen LogP contribution in [-0.4, -0.2) is 20.1 Å². The molecule has 0 unspecified atom stereocenters. The predicted octanol–water partition coefficient (Wildman–Crippen LogP) is 2.93. The molecule has 19 heavy (non-hydrogen) atoms. The van der Waals surface area contributed by atoms with Crippen LogP contribution >= 0.6 is 0 Å². The van der Waals surface area contributed by atoms with Gasteiger partial charge in [-0.25, -0.2) is 15.0 Å². The number of aromatic nitrogens is 3. The largest absolute Gasteiger partial charge is 0.508 e. The minimum absolute atomic E-state index is 0.305. The van der Waals surface area contributed by atoms with Gasteiger partial charge in [0.2, 0.25) is 0 Å². The molecule has 94 valence electrons. The van der Waals surface area contributed by atoms with Crippen molar-refractivity contribution in [1.29, 1.82) is 0 Å². The minimum atomic E-state index is 0.305. The molecule has 0 saturated carbocycles. The highest BCUT2D eigenvalue weighted by atomic mass is 16.3. The summed E-state index contributed by atoms with van der Waals surface area (Å²) in [6, 6.07) is 17.3. The average molecular weight is 251 g/mol. The third kappa shape index (κ3) is 4.20. The zero-order valence-corrected chi connectivity index (χ0v) is 10.2. The summed E-state index contributed by atoms with van der Waals surface area (Å²) in [5.74, 6) is 0.305. The Morgan fingerprint density at radius 2 is 1.05 bits per heavy atom. The van der Waals surface area contributed by atoms with E-state index in [4.69, 9.17) is 5.11 Å². The standard InChI is InChI=1S/C12H10O.C3H3N3/c13-12-8-6-11(7-9-12)10-4-2-1-3-5-10;1-4-2-6-3-5-1/h1-9,13H;1-3H. The van der Waals surface area contributed by atoms with Gasteiger partial charge in [-0.15, -0.1) is 0 Å². The maximum absolute atomic E-state index is 9.10. The summed E-state index contributed by atoms with van der Waals surface area (Å²) < 4.78 is 0. The summed E-state index contributed by atoms with van der Waals surface area (Å²) in [5, 5.41) is 9.10. The van der Waals surface area contributed by atoms with Crippen molar-refractivity contribution in [3.8, 4) is 16.9 Å². The normalized spacial score (nSPS) is 9.26. The highest BCUT2D eigenvalue weighted by Gasteiger charge is 1.94. The third-order valence-corrected chi connectivity index (χ3v) is 2.37. The van der Waals surface area contributed by atoms with E-state index in [-0.39, 0.29) is 0 Å². The van der Waals surface area contributed by atoms with E-state index in [0.717, 1.165) is 5.56 Å². The Bertz CT molecular complexity index is 556. The molecule has 0 fully saturated rings. The fraction of sp³-hybridized carbons (Fsp3) is 0. The van der Waals surface area contributed by atoms with Crippen LogP contribution in [0, 0.1) is 0 Å². The number of hydrogen-bond acceptors (Lipinski definition) is 4. The lowest BCUT2D eigenvalue weighted by Gasteiger charge is -2.00. The quantitative estimate of drug-likeness (QED) is 0.722. The van der Waals surface area contributed by atoms with Gasteiger partial charge in [-0.05, 0) is 23.3 Å². The molecule has 0 aliphatic carbocycles. The molecule has 4 nitrogen and oxygen atoms in total. The van der Waals surface area contributed by atoms with Crippen LogP contribution in [0.5, 0.6) is 5.75 Å². The van der Waals surface area contributed by atoms with Gasteiger partial charge in [0.15, 0.2) is 0 Å². The van der Waals surface area contributed by atoms with Crippen molar-refractivity contribution in [1.82, 2.24) is 15.0 Å². The maximum atomic E-state index is 9.10. The Hall–Kier alpha value is -2.75. The number of benzene rings is 2. The zero-order chi connectivity index (χ0) is 13.3. The van der Waals surface area contributed by atoms with Crippen LogP contribution in [0.3, 0.4) is 0 Å². The van der Waals surface area contributed by atoms with Crippen molar-refractivity contribution < 1.29 is 5.11 Å². The number of rotatable bonds is 1. The summed E-state index contributed by atoms with van der Waals surface area (Å²) in [5.41, 5.74) is 2.29. The van der Waals surface area contributed by atoms with Crippen molar-refractivity contribution in [2.45, 2.75) is 0 Å². The van der Waals surface area contributed by atoms with Crippen LogP contribution in [-0.2, 0) is 0 Å². The van der Waals surface area contributed by atoms with Gasteiger partial charge < -0.3 is 5.11 Å². The van der Waals surface area contributed by atoms with Gasteiger partial charge in [-0.3, -0.25) is 0 Å². The van der Waals surface area contributed by atoms with E-state index < -0.39 is 0 Å². The summed E-state index contributed by atoms with van der Waals surface area (Å²) in [6.07, 6.45) is 4.31. The fourth-order valence-corrected chi connectivity index (χ4v) is 1.49. The van der Waals surface area contributed by atoms with Crippen LogP contribution in [0.15, 0.2) is 73.6 Å². The van der Waals surface area contributed by atoms with Crippen molar-refractivity contribution in [2.24, 2.45) is 0 Å². The molecule has 1 aromatic heterocycles. The molecule has 1 N–H and O–H groups in total. The highest BCUT2D eigenvalue weighted by molar-refractivity contribution is 5.63. The van der Waals surface area contributed by atoms with Crippen LogP contribution < -0.4 is 0 Å².